The number of carbonyl (C=O) groups is 1. The molecule has 0 unspecified atom stereocenters. The van der Waals surface area contributed by atoms with Crippen LogP contribution < -0.4 is 4.74 Å². The Morgan fingerprint density at radius 2 is 2.16 bits per heavy atom. The van der Waals surface area contributed by atoms with E-state index >= 15 is 0 Å². The molecule has 0 N–H and O–H groups in total. The average molecular weight is 324 g/mol. The van der Waals surface area contributed by atoms with Crippen LogP contribution in [0.1, 0.15) is 23.0 Å². The molecule has 5 heteroatoms. The van der Waals surface area contributed by atoms with Crippen LogP contribution in [0.2, 0.25) is 0 Å². The Labute approximate surface area is 119 Å². The summed E-state index contributed by atoms with van der Waals surface area (Å²) in [5.74, 6) is 0.158. The standard InChI is InChI=1S/C14H14BrNO3/c1-4-19-11-7-10(14(17)18-3)16-13-8(2)5-6-9(15)12(11)13/h5-7H,4H2,1-3H3. The molecule has 1 aromatic heterocycles. The van der Waals surface area contributed by atoms with Gasteiger partial charge in [0, 0.05) is 10.5 Å². The van der Waals surface area contributed by atoms with Crippen LogP contribution in [0.3, 0.4) is 0 Å². The van der Waals surface area contributed by atoms with E-state index in [1.807, 2.05) is 26.0 Å². The number of aromatic nitrogens is 1. The molecular formula is C14H14BrNO3. The van der Waals surface area contributed by atoms with Crippen molar-refractivity contribution in [2.45, 2.75) is 13.8 Å². The summed E-state index contributed by atoms with van der Waals surface area (Å²) in [6.07, 6.45) is 0. The lowest BCUT2D eigenvalue weighted by atomic mass is 10.1. The van der Waals surface area contributed by atoms with Gasteiger partial charge in [0.2, 0.25) is 0 Å². The number of ether oxygens (including phenoxy) is 2. The number of halogens is 1. The highest BCUT2D eigenvalue weighted by atomic mass is 79.9. The van der Waals surface area contributed by atoms with Crippen molar-refractivity contribution in [3.8, 4) is 5.75 Å². The average Bonchev–Trinajstić information content (AvgIpc) is 2.42. The summed E-state index contributed by atoms with van der Waals surface area (Å²) in [4.78, 5) is 16.0. The van der Waals surface area contributed by atoms with E-state index in [1.165, 1.54) is 7.11 Å². The topological polar surface area (TPSA) is 48.4 Å². The van der Waals surface area contributed by atoms with Crippen LogP contribution in [0.5, 0.6) is 5.75 Å². The number of fused-ring (bicyclic) bond motifs is 1. The minimum absolute atomic E-state index is 0.250. The number of aryl methyl sites for hydroxylation is 1. The summed E-state index contributed by atoms with van der Waals surface area (Å²) in [6.45, 7) is 4.35. The molecule has 100 valence electrons. The summed E-state index contributed by atoms with van der Waals surface area (Å²) < 4.78 is 11.2. The van der Waals surface area contributed by atoms with Gasteiger partial charge in [0.05, 0.1) is 24.6 Å². The van der Waals surface area contributed by atoms with Crippen LogP contribution in [0.15, 0.2) is 22.7 Å². The highest BCUT2D eigenvalue weighted by Gasteiger charge is 2.16. The van der Waals surface area contributed by atoms with Crippen LogP contribution >= 0.6 is 15.9 Å². The first-order chi connectivity index (χ1) is 9.08. The highest BCUT2D eigenvalue weighted by molar-refractivity contribution is 9.10. The van der Waals surface area contributed by atoms with Gasteiger partial charge in [0.15, 0.2) is 5.69 Å². The van der Waals surface area contributed by atoms with E-state index in [0.717, 1.165) is 20.9 Å². The summed E-state index contributed by atoms with van der Waals surface area (Å²) >= 11 is 3.49. The molecule has 19 heavy (non-hydrogen) atoms. The molecule has 0 fully saturated rings. The smallest absolute Gasteiger partial charge is 0.356 e. The number of rotatable bonds is 3. The number of hydrogen-bond donors (Lipinski definition) is 0. The highest BCUT2D eigenvalue weighted by Crippen LogP contribution is 2.34. The molecule has 0 atom stereocenters. The summed E-state index contributed by atoms with van der Waals surface area (Å²) in [5, 5.41) is 0.870. The third-order valence-electron chi connectivity index (χ3n) is 2.77. The molecule has 0 saturated carbocycles. The lowest BCUT2D eigenvalue weighted by Gasteiger charge is -2.12. The van der Waals surface area contributed by atoms with Gasteiger partial charge in [-0.05, 0) is 41.4 Å². The van der Waals surface area contributed by atoms with E-state index in [9.17, 15) is 4.79 Å². The molecule has 2 rings (SSSR count). The van der Waals surface area contributed by atoms with Crippen molar-refractivity contribution in [2.75, 3.05) is 13.7 Å². The fourth-order valence-corrected chi connectivity index (χ4v) is 2.39. The van der Waals surface area contributed by atoms with Crippen molar-refractivity contribution in [1.82, 2.24) is 4.98 Å². The summed E-state index contributed by atoms with van der Waals surface area (Å²) in [7, 11) is 1.34. The van der Waals surface area contributed by atoms with Crippen molar-refractivity contribution in [3.63, 3.8) is 0 Å². The quantitative estimate of drug-likeness (QED) is 0.811. The second-order valence-electron chi connectivity index (χ2n) is 4.02. The predicted octanol–water partition coefficient (Wildman–Crippen LogP) is 3.49. The Kier molecular flexibility index (Phi) is 4.04. The van der Waals surface area contributed by atoms with Gasteiger partial charge in [-0.3, -0.25) is 0 Å². The van der Waals surface area contributed by atoms with Crippen LogP contribution in [0, 0.1) is 6.92 Å². The SMILES string of the molecule is CCOc1cc(C(=O)OC)nc2c(C)ccc(Br)c12. The van der Waals surface area contributed by atoms with Crippen molar-refractivity contribution in [2.24, 2.45) is 0 Å². The molecule has 0 aliphatic heterocycles. The fourth-order valence-electron chi connectivity index (χ4n) is 1.88. The number of benzene rings is 1. The second kappa shape index (κ2) is 5.57. The number of methoxy groups -OCH3 is 1. The van der Waals surface area contributed by atoms with E-state index < -0.39 is 5.97 Å². The van der Waals surface area contributed by atoms with Gasteiger partial charge in [-0.2, -0.15) is 0 Å². The van der Waals surface area contributed by atoms with Crippen molar-refractivity contribution in [3.05, 3.63) is 33.9 Å². The minimum Gasteiger partial charge on any atom is -0.493 e. The first-order valence-corrected chi connectivity index (χ1v) is 6.68. The molecule has 0 saturated heterocycles. The molecule has 0 aliphatic carbocycles. The first kappa shape index (κ1) is 13.8. The van der Waals surface area contributed by atoms with Crippen molar-refractivity contribution >= 4 is 32.8 Å². The molecule has 0 amide bonds. The molecule has 1 aromatic carbocycles. The van der Waals surface area contributed by atoms with Gasteiger partial charge in [0.1, 0.15) is 5.75 Å². The Balaban J connectivity index is 2.79. The van der Waals surface area contributed by atoms with E-state index in [4.69, 9.17) is 9.47 Å². The van der Waals surface area contributed by atoms with E-state index in [-0.39, 0.29) is 5.69 Å². The van der Waals surface area contributed by atoms with E-state index in [2.05, 4.69) is 20.9 Å². The number of carbonyl (C=O) groups excluding carboxylic acids is 1. The normalized spacial score (nSPS) is 10.5. The van der Waals surface area contributed by atoms with Crippen molar-refractivity contribution in [1.29, 1.82) is 0 Å². The zero-order valence-corrected chi connectivity index (χ0v) is 12.6. The Hall–Kier alpha value is -1.62. The number of pyridine rings is 1. The molecule has 0 radical (unpaired) electrons. The zero-order chi connectivity index (χ0) is 14.0. The maximum absolute atomic E-state index is 11.7. The first-order valence-electron chi connectivity index (χ1n) is 5.89. The Bertz CT molecular complexity index is 640. The monoisotopic (exact) mass is 323 g/mol. The van der Waals surface area contributed by atoms with Crippen LogP contribution in [-0.4, -0.2) is 24.7 Å². The van der Waals surface area contributed by atoms with Gasteiger partial charge in [-0.1, -0.05) is 6.07 Å². The number of hydrogen-bond acceptors (Lipinski definition) is 4. The molecular weight excluding hydrogens is 310 g/mol. The Morgan fingerprint density at radius 1 is 1.42 bits per heavy atom. The van der Waals surface area contributed by atoms with Crippen LogP contribution in [-0.2, 0) is 4.74 Å². The van der Waals surface area contributed by atoms with E-state index in [0.29, 0.717) is 12.4 Å². The summed E-state index contributed by atoms with van der Waals surface area (Å²) in [6, 6.07) is 5.50. The molecule has 2 aromatic rings. The largest absolute Gasteiger partial charge is 0.493 e. The molecule has 0 aliphatic rings. The minimum atomic E-state index is -0.470. The van der Waals surface area contributed by atoms with Crippen molar-refractivity contribution < 1.29 is 14.3 Å². The Morgan fingerprint density at radius 3 is 2.79 bits per heavy atom. The van der Waals surface area contributed by atoms with E-state index in [1.54, 1.807) is 6.07 Å². The van der Waals surface area contributed by atoms with Gasteiger partial charge >= 0.3 is 5.97 Å². The number of nitrogens with zero attached hydrogens (tertiary/aromatic N) is 1. The lowest BCUT2D eigenvalue weighted by Crippen LogP contribution is -2.06. The van der Waals surface area contributed by atoms with Gasteiger partial charge in [0.25, 0.3) is 0 Å². The van der Waals surface area contributed by atoms with Gasteiger partial charge < -0.3 is 9.47 Å². The zero-order valence-electron chi connectivity index (χ0n) is 11.0. The molecule has 1 heterocycles. The van der Waals surface area contributed by atoms with Crippen LogP contribution in [0.25, 0.3) is 10.9 Å². The third kappa shape index (κ3) is 2.56. The maximum Gasteiger partial charge on any atom is 0.356 e. The molecule has 4 nitrogen and oxygen atoms in total. The molecule has 0 bridgehead atoms. The lowest BCUT2D eigenvalue weighted by molar-refractivity contribution is 0.0594. The maximum atomic E-state index is 11.7. The predicted molar refractivity (Wildman–Crippen MR) is 76.7 cm³/mol. The molecule has 0 spiro atoms. The fraction of sp³-hybridized carbons (Fsp3) is 0.286. The van der Waals surface area contributed by atoms with Crippen LogP contribution in [0.4, 0.5) is 0 Å². The second-order valence-corrected chi connectivity index (χ2v) is 4.87. The third-order valence-corrected chi connectivity index (χ3v) is 3.43. The van der Waals surface area contributed by atoms with Gasteiger partial charge in [-0.15, -0.1) is 0 Å². The number of esters is 1. The van der Waals surface area contributed by atoms with Gasteiger partial charge in [-0.25, -0.2) is 9.78 Å². The summed E-state index contributed by atoms with van der Waals surface area (Å²) in [5.41, 5.74) is 1.96.